The SMILES string of the molecule is CCCCC/C=C\C/C=C\CCCCCCCC(=O)OC(COC(=O)CCCCCCCCC)COC(=O)CCCCCCCCCCCCCCCCCCCCCCCCCCCCCCCCCC. The van der Waals surface area contributed by atoms with Gasteiger partial charge < -0.3 is 14.2 Å². The molecule has 0 amide bonds. The zero-order chi connectivity index (χ0) is 52.2. The van der Waals surface area contributed by atoms with E-state index in [2.05, 4.69) is 45.1 Å². The van der Waals surface area contributed by atoms with Crippen molar-refractivity contribution in [2.24, 2.45) is 0 Å². The summed E-state index contributed by atoms with van der Waals surface area (Å²) < 4.78 is 16.8. The average molecular weight is 1010 g/mol. The lowest BCUT2D eigenvalue weighted by Crippen LogP contribution is -2.30. The fraction of sp³-hybridized carbons (Fsp3) is 0.894. The van der Waals surface area contributed by atoms with Gasteiger partial charge in [0.1, 0.15) is 13.2 Å². The van der Waals surface area contributed by atoms with Crippen LogP contribution in [0.3, 0.4) is 0 Å². The molecule has 0 spiro atoms. The summed E-state index contributed by atoms with van der Waals surface area (Å²) in [5, 5.41) is 0. The number of carbonyl (C=O) groups excluding carboxylic acids is 3. The van der Waals surface area contributed by atoms with E-state index < -0.39 is 6.10 Å². The maximum absolute atomic E-state index is 12.8. The summed E-state index contributed by atoms with van der Waals surface area (Å²) in [6.07, 6.45) is 73.8. The van der Waals surface area contributed by atoms with Crippen molar-refractivity contribution >= 4 is 17.9 Å². The lowest BCUT2D eigenvalue weighted by molar-refractivity contribution is -0.167. The summed E-state index contributed by atoms with van der Waals surface area (Å²) in [6, 6.07) is 0. The van der Waals surface area contributed by atoms with Gasteiger partial charge in [-0.1, -0.05) is 315 Å². The van der Waals surface area contributed by atoms with Gasteiger partial charge in [0.2, 0.25) is 0 Å². The highest BCUT2D eigenvalue weighted by molar-refractivity contribution is 5.71. The number of carbonyl (C=O) groups is 3. The number of ether oxygens (including phenoxy) is 3. The Kier molecular flexibility index (Phi) is 59.6. The van der Waals surface area contributed by atoms with Crippen molar-refractivity contribution in [2.45, 2.75) is 367 Å². The summed E-state index contributed by atoms with van der Waals surface area (Å²) in [7, 11) is 0. The normalized spacial score (nSPS) is 12.1. The zero-order valence-electron chi connectivity index (χ0n) is 48.7. The largest absolute Gasteiger partial charge is 0.462 e. The van der Waals surface area contributed by atoms with Crippen LogP contribution in [0, 0.1) is 0 Å². The Morgan fingerprint density at radius 1 is 0.278 bits per heavy atom. The second kappa shape index (κ2) is 61.4. The summed E-state index contributed by atoms with van der Waals surface area (Å²) in [5.74, 6) is -0.873. The number of allylic oxidation sites excluding steroid dienone is 4. The first-order chi connectivity index (χ1) is 35.5. The topological polar surface area (TPSA) is 78.9 Å². The molecule has 0 aliphatic heterocycles. The number of esters is 3. The third-order valence-electron chi connectivity index (χ3n) is 14.7. The maximum atomic E-state index is 12.8. The smallest absolute Gasteiger partial charge is 0.306 e. The molecule has 0 rings (SSSR count). The van der Waals surface area contributed by atoms with Crippen molar-refractivity contribution in [3.8, 4) is 0 Å². The molecule has 0 bridgehead atoms. The fourth-order valence-electron chi connectivity index (χ4n) is 9.83. The summed E-state index contributed by atoms with van der Waals surface area (Å²) >= 11 is 0. The van der Waals surface area contributed by atoms with Crippen molar-refractivity contribution in [1.29, 1.82) is 0 Å². The van der Waals surface area contributed by atoms with Crippen molar-refractivity contribution in [1.82, 2.24) is 0 Å². The van der Waals surface area contributed by atoms with Crippen LogP contribution in [0.25, 0.3) is 0 Å². The lowest BCUT2D eigenvalue weighted by Gasteiger charge is -2.18. The molecule has 6 nitrogen and oxygen atoms in total. The molecule has 6 heteroatoms. The van der Waals surface area contributed by atoms with Crippen LogP contribution in [0.5, 0.6) is 0 Å². The van der Waals surface area contributed by atoms with Gasteiger partial charge in [-0.25, -0.2) is 0 Å². The van der Waals surface area contributed by atoms with Crippen molar-refractivity contribution in [3.05, 3.63) is 24.3 Å². The highest BCUT2D eigenvalue weighted by Gasteiger charge is 2.19. The first-order valence-corrected chi connectivity index (χ1v) is 32.3. The molecule has 0 aromatic carbocycles. The molecule has 0 saturated carbocycles. The highest BCUT2D eigenvalue weighted by atomic mass is 16.6. The monoisotopic (exact) mass is 1010 g/mol. The van der Waals surface area contributed by atoms with Crippen LogP contribution in [0.2, 0.25) is 0 Å². The molecule has 0 N–H and O–H groups in total. The molecule has 0 aromatic rings. The van der Waals surface area contributed by atoms with Crippen LogP contribution < -0.4 is 0 Å². The van der Waals surface area contributed by atoms with Crippen molar-refractivity contribution in [3.63, 3.8) is 0 Å². The molecule has 1 atom stereocenters. The minimum atomic E-state index is -0.773. The summed E-state index contributed by atoms with van der Waals surface area (Å²) in [4.78, 5) is 38.0. The quantitative estimate of drug-likeness (QED) is 0.0261. The first-order valence-electron chi connectivity index (χ1n) is 32.3. The van der Waals surface area contributed by atoms with E-state index in [1.807, 2.05) is 0 Å². The predicted molar refractivity (Wildman–Crippen MR) is 312 cm³/mol. The van der Waals surface area contributed by atoms with Gasteiger partial charge in [0.15, 0.2) is 6.10 Å². The van der Waals surface area contributed by atoms with Crippen LogP contribution in [-0.4, -0.2) is 37.2 Å². The van der Waals surface area contributed by atoms with E-state index in [9.17, 15) is 14.4 Å². The molecule has 424 valence electrons. The first kappa shape index (κ1) is 69.9. The van der Waals surface area contributed by atoms with Gasteiger partial charge in [-0.3, -0.25) is 14.4 Å². The Bertz CT molecular complexity index is 1160. The van der Waals surface area contributed by atoms with E-state index in [-0.39, 0.29) is 31.1 Å². The minimum absolute atomic E-state index is 0.0723. The Hall–Kier alpha value is -2.11. The van der Waals surface area contributed by atoms with E-state index >= 15 is 0 Å². The van der Waals surface area contributed by atoms with Gasteiger partial charge >= 0.3 is 17.9 Å². The Labute approximate surface area is 449 Å². The van der Waals surface area contributed by atoms with E-state index in [1.54, 1.807) is 0 Å². The van der Waals surface area contributed by atoms with E-state index in [0.717, 1.165) is 77.0 Å². The molecule has 0 fully saturated rings. The zero-order valence-corrected chi connectivity index (χ0v) is 48.7. The molecule has 0 aromatic heterocycles. The molecule has 0 aliphatic rings. The van der Waals surface area contributed by atoms with Crippen molar-refractivity contribution in [2.75, 3.05) is 13.2 Å². The average Bonchev–Trinajstić information content (AvgIpc) is 3.38. The molecule has 1 unspecified atom stereocenters. The number of rotatable bonds is 60. The lowest BCUT2D eigenvalue weighted by atomic mass is 10.0. The Balaban J connectivity index is 3.94. The molecule has 0 heterocycles. The molecule has 0 saturated heterocycles. The Morgan fingerprint density at radius 2 is 0.500 bits per heavy atom. The van der Waals surface area contributed by atoms with E-state index in [0.29, 0.717) is 19.3 Å². The number of unbranched alkanes of at least 4 members (excludes halogenated alkanes) is 45. The minimum Gasteiger partial charge on any atom is -0.462 e. The van der Waals surface area contributed by atoms with Gasteiger partial charge in [-0.15, -0.1) is 0 Å². The second-order valence-electron chi connectivity index (χ2n) is 22.0. The second-order valence-corrected chi connectivity index (χ2v) is 22.0. The summed E-state index contributed by atoms with van der Waals surface area (Å²) in [6.45, 7) is 6.61. The van der Waals surface area contributed by atoms with Gasteiger partial charge in [0.25, 0.3) is 0 Å². The van der Waals surface area contributed by atoms with E-state index in [4.69, 9.17) is 14.2 Å². The van der Waals surface area contributed by atoms with Crippen LogP contribution in [0.4, 0.5) is 0 Å². The third-order valence-corrected chi connectivity index (χ3v) is 14.7. The van der Waals surface area contributed by atoms with Crippen LogP contribution >= 0.6 is 0 Å². The van der Waals surface area contributed by atoms with Crippen LogP contribution in [-0.2, 0) is 28.6 Å². The molecular formula is C66H124O6. The molecule has 0 aliphatic carbocycles. The highest BCUT2D eigenvalue weighted by Crippen LogP contribution is 2.18. The predicted octanol–water partition coefficient (Wildman–Crippen LogP) is 21.8. The molecular weight excluding hydrogens is 889 g/mol. The van der Waals surface area contributed by atoms with Gasteiger partial charge in [-0.05, 0) is 51.4 Å². The summed E-state index contributed by atoms with van der Waals surface area (Å²) in [5.41, 5.74) is 0. The third kappa shape index (κ3) is 58.8. The van der Waals surface area contributed by atoms with Crippen LogP contribution in [0.15, 0.2) is 24.3 Å². The van der Waals surface area contributed by atoms with Gasteiger partial charge in [0, 0.05) is 19.3 Å². The fourth-order valence-corrected chi connectivity index (χ4v) is 9.83. The van der Waals surface area contributed by atoms with E-state index in [1.165, 1.54) is 244 Å². The molecule has 72 heavy (non-hydrogen) atoms. The number of hydrogen-bond acceptors (Lipinski definition) is 6. The Morgan fingerprint density at radius 3 is 0.792 bits per heavy atom. The number of hydrogen-bond donors (Lipinski definition) is 0. The van der Waals surface area contributed by atoms with Crippen LogP contribution in [0.1, 0.15) is 361 Å². The standard InChI is InChI=1S/C66H124O6/c1-4-7-10-13-16-18-20-22-24-25-26-27-28-29-30-31-32-33-34-35-36-37-38-39-40-42-43-45-47-50-53-56-59-65(68)71-62-63(61-70-64(67)58-55-52-49-15-12-9-6-3)72-66(69)60-57-54-51-48-46-44-41-23-21-19-17-14-11-8-5-2/h17,19,23,41,63H,4-16,18,20-22,24-40,42-62H2,1-3H3/b19-17-,41-23-. The van der Waals surface area contributed by atoms with Gasteiger partial charge in [0.05, 0.1) is 0 Å². The maximum Gasteiger partial charge on any atom is 0.306 e. The van der Waals surface area contributed by atoms with Crippen molar-refractivity contribution < 1.29 is 28.6 Å². The molecule has 0 radical (unpaired) electrons. The van der Waals surface area contributed by atoms with Gasteiger partial charge in [-0.2, -0.15) is 0 Å².